The second-order valence-electron chi connectivity index (χ2n) is 7.13. The summed E-state index contributed by atoms with van der Waals surface area (Å²) in [5.41, 5.74) is 1.66. The fourth-order valence-electron chi connectivity index (χ4n) is 3.36. The Kier molecular flexibility index (Phi) is 6.08. The van der Waals surface area contributed by atoms with E-state index < -0.39 is 5.92 Å². The molecule has 1 unspecified atom stereocenters. The van der Waals surface area contributed by atoms with Gasteiger partial charge in [0.1, 0.15) is 5.82 Å². The molecule has 156 valence electrons. The van der Waals surface area contributed by atoms with Gasteiger partial charge in [-0.3, -0.25) is 14.4 Å². The average molecular weight is 479 g/mol. The molecule has 7 nitrogen and oxygen atoms in total. The molecule has 1 aromatic heterocycles. The fraction of sp³-hybridized carbons (Fsp3) is 0.130. The van der Waals surface area contributed by atoms with Crippen molar-refractivity contribution in [2.45, 2.75) is 6.42 Å². The third-order valence-electron chi connectivity index (χ3n) is 4.92. The van der Waals surface area contributed by atoms with Gasteiger partial charge in [0.25, 0.3) is 5.91 Å². The number of anilines is 3. The summed E-state index contributed by atoms with van der Waals surface area (Å²) in [6.07, 6.45) is 1.74. The Morgan fingerprint density at radius 1 is 1.00 bits per heavy atom. The Balaban J connectivity index is 1.40. The van der Waals surface area contributed by atoms with Crippen molar-refractivity contribution in [3.8, 4) is 0 Å². The Labute approximate surface area is 187 Å². The lowest BCUT2D eigenvalue weighted by atomic mass is 10.1. The molecule has 2 N–H and O–H groups in total. The third kappa shape index (κ3) is 4.97. The van der Waals surface area contributed by atoms with Crippen LogP contribution in [0.25, 0.3) is 0 Å². The van der Waals surface area contributed by atoms with Crippen molar-refractivity contribution < 1.29 is 14.4 Å². The monoisotopic (exact) mass is 478 g/mol. The fourth-order valence-corrected chi connectivity index (χ4v) is 3.60. The van der Waals surface area contributed by atoms with E-state index in [0.717, 1.165) is 10.2 Å². The smallest absolute Gasteiger partial charge is 0.256 e. The summed E-state index contributed by atoms with van der Waals surface area (Å²) < 4.78 is 0.812. The van der Waals surface area contributed by atoms with Crippen LogP contribution in [0.4, 0.5) is 17.2 Å². The molecule has 31 heavy (non-hydrogen) atoms. The van der Waals surface area contributed by atoms with Crippen LogP contribution in [-0.2, 0) is 9.59 Å². The SMILES string of the molecule is O=C(Nc1ccc(Br)cn1)c1cccc(NC(=O)C2CC(=O)N(c3ccccc3)C2)c1. The summed E-state index contributed by atoms with van der Waals surface area (Å²) in [6, 6.07) is 19.4. The summed E-state index contributed by atoms with van der Waals surface area (Å²) >= 11 is 3.30. The van der Waals surface area contributed by atoms with Crippen LogP contribution < -0.4 is 15.5 Å². The minimum Gasteiger partial charge on any atom is -0.326 e. The van der Waals surface area contributed by atoms with Crippen LogP contribution in [0.5, 0.6) is 0 Å². The molecule has 2 heterocycles. The van der Waals surface area contributed by atoms with E-state index in [1.54, 1.807) is 47.5 Å². The number of benzene rings is 2. The first kappa shape index (κ1) is 20.7. The lowest BCUT2D eigenvalue weighted by molar-refractivity contribution is -0.122. The first-order valence-corrected chi connectivity index (χ1v) is 10.5. The van der Waals surface area contributed by atoms with Gasteiger partial charge in [0.2, 0.25) is 11.8 Å². The van der Waals surface area contributed by atoms with Crippen LogP contribution >= 0.6 is 15.9 Å². The number of hydrogen-bond acceptors (Lipinski definition) is 4. The lowest BCUT2D eigenvalue weighted by Crippen LogP contribution is -2.28. The highest BCUT2D eigenvalue weighted by atomic mass is 79.9. The van der Waals surface area contributed by atoms with Crippen molar-refractivity contribution >= 4 is 50.8 Å². The minimum absolute atomic E-state index is 0.0820. The Bertz CT molecular complexity index is 1120. The molecule has 3 aromatic rings. The largest absolute Gasteiger partial charge is 0.326 e. The maximum absolute atomic E-state index is 12.7. The first-order valence-electron chi connectivity index (χ1n) is 9.69. The summed E-state index contributed by atoms with van der Waals surface area (Å²) in [4.78, 5) is 43.4. The quantitative estimate of drug-likeness (QED) is 0.577. The number of aromatic nitrogens is 1. The van der Waals surface area contributed by atoms with Crippen LogP contribution in [0.3, 0.4) is 0 Å². The van der Waals surface area contributed by atoms with Gasteiger partial charge in [-0.2, -0.15) is 0 Å². The number of carbonyl (C=O) groups excluding carboxylic acids is 3. The molecule has 1 atom stereocenters. The van der Waals surface area contributed by atoms with Crippen LogP contribution in [0.2, 0.25) is 0 Å². The van der Waals surface area contributed by atoms with Crippen molar-refractivity contribution in [2.75, 3.05) is 22.1 Å². The van der Waals surface area contributed by atoms with Crippen molar-refractivity contribution in [1.29, 1.82) is 0 Å². The summed E-state index contributed by atoms with van der Waals surface area (Å²) in [7, 11) is 0. The second-order valence-corrected chi connectivity index (χ2v) is 8.04. The van der Waals surface area contributed by atoms with E-state index in [4.69, 9.17) is 0 Å². The molecule has 2 aromatic carbocycles. The highest BCUT2D eigenvalue weighted by Crippen LogP contribution is 2.26. The number of nitrogens with one attached hydrogen (secondary N) is 2. The maximum Gasteiger partial charge on any atom is 0.256 e. The van der Waals surface area contributed by atoms with Crippen molar-refractivity contribution in [3.05, 3.63) is 83.0 Å². The zero-order chi connectivity index (χ0) is 21.8. The van der Waals surface area contributed by atoms with Gasteiger partial charge >= 0.3 is 0 Å². The van der Waals surface area contributed by atoms with E-state index in [-0.39, 0.29) is 24.1 Å². The minimum atomic E-state index is -0.461. The highest BCUT2D eigenvalue weighted by Gasteiger charge is 2.35. The zero-order valence-electron chi connectivity index (χ0n) is 16.4. The van der Waals surface area contributed by atoms with Gasteiger partial charge in [0.15, 0.2) is 0 Å². The molecule has 3 amide bonds. The molecular formula is C23H19BrN4O3. The van der Waals surface area contributed by atoms with Crippen molar-refractivity contribution in [3.63, 3.8) is 0 Å². The number of halogens is 1. The highest BCUT2D eigenvalue weighted by molar-refractivity contribution is 9.10. The average Bonchev–Trinajstić information content (AvgIpc) is 3.18. The number of pyridine rings is 1. The molecule has 0 spiro atoms. The number of amides is 3. The molecule has 0 saturated carbocycles. The molecule has 1 aliphatic rings. The number of para-hydroxylation sites is 1. The zero-order valence-corrected chi connectivity index (χ0v) is 18.0. The first-order chi connectivity index (χ1) is 15.0. The Morgan fingerprint density at radius 3 is 2.55 bits per heavy atom. The number of hydrogen-bond donors (Lipinski definition) is 2. The Hall–Kier alpha value is -3.52. The normalized spacial score (nSPS) is 15.6. The Morgan fingerprint density at radius 2 is 1.81 bits per heavy atom. The molecule has 0 radical (unpaired) electrons. The lowest BCUT2D eigenvalue weighted by Gasteiger charge is -2.16. The predicted molar refractivity (Wildman–Crippen MR) is 122 cm³/mol. The van der Waals surface area contributed by atoms with Gasteiger partial charge in [-0.05, 0) is 58.4 Å². The molecule has 1 aliphatic heterocycles. The third-order valence-corrected chi connectivity index (χ3v) is 5.39. The maximum atomic E-state index is 12.7. The number of rotatable bonds is 5. The summed E-state index contributed by atoms with van der Waals surface area (Å²) in [5, 5.41) is 5.54. The van der Waals surface area contributed by atoms with Crippen LogP contribution in [0.15, 0.2) is 77.4 Å². The molecule has 8 heteroatoms. The molecule has 1 saturated heterocycles. The van der Waals surface area contributed by atoms with E-state index in [1.165, 1.54) is 0 Å². The summed E-state index contributed by atoms with van der Waals surface area (Å²) in [6.45, 7) is 0.324. The standard InChI is InChI=1S/C23H19BrN4O3/c24-17-9-10-20(25-13-17)27-22(30)15-5-4-6-18(11-15)26-23(31)16-12-21(29)28(14-16)19-7-2-1-3-8-19/h1-11,13,16H,12,14H2,(H,26,31)(H,25,27,30). The van der Waals surface area contributed by atoms with Crippen molar-refractivity contribution in [2.24, 2.45) is 5.92 Å². The van der Waals surface area contributed by atoms with E-state index in [1.807, 2.05) is 30.3 Å². The van der Waals surface area contributed by atoms with Gasteiger partial charge in [-0.25, -0.2) is 4.98 Å². The van der Waals surface area contributed by atoms with Gasteiger partial charge in [0, 0.05) is 40.6 Å². The van der Waals surface area contributed by atoms with Crippen molar-refractivity contribution in [1.82, 2.24) is 4.98 Å². The van der Waals surface area contributed by atoms with E-state index in [9.17, 15) is 14.4 Å². The molecule has 0 aliphatic carbocycles. The topological polar surface area (TPSA) is 91.4 Å². The number of nitrogens with zero attached hydrogens (tertiary/aromatic N) is 2. The van der Waals surface area contributed by atoms with E-state index >= 15 is 0 Å². The van der Waals surface area contributed by atoms with Gasteiger partial charge in [0.05, 0.1) is 5.92 Å². The van der Waals surface area contributed by atoms with Gasteiger partial charge < -0.3 is 15.5 Å². The van der Waals surface area contributed by atoms with Gasteiger partial charge in [-0.15, -0.1) is 0 Å². The van der Waals surface area contributed by atoms with Crippen LogP contribution in [0.1, 0.15) is 16.8 Å². The van der Waals surface area contributed by atoms with E-state index in [0.29, 0.717) is 23.6 Å². The summed E-state index contributed by atoms with van der Waals surface area (Å²) in [5.74, 6) is -0.706. The molecular weight excluding hydrogens is 460 g/mol. The molecule has 4 rings (SSSR count). The van der Waals surface area contributed by atoms with Gasteiger partial charge in [-0.1, -0.05) is 24.3 Å². The predicted octanol–water partition coefficient (Wildman–Crippen LogP) is 4.09. The second kappa shape index (κ2) is 9.09. The molecule has 0 bridgehead atoms. The number of carbonyl (C=O) groups is 3. The van der Waals surface area contributed by atoms with E-state index in [2.05, 4.69) is 31.5 Å². The van der Waals surface area contributed by atoms with Crippen LogP contribution in [-0.4, -0.2) is 29.3 Å². The van der Waals surface area contributed by atoms with Crippen LogP contribution in [0, 0.1) is 5.92 Å². The molecule has 1 fully saturated rings.